The summed E-state index contributed by atoms with van der Waals surface area (Å²) < 4.78 is 1.90. The number of aromatic nitrogens is 3. The summed E-state index contributed by atoms with van der Waals surface area (Å²) in [6.45, 7) is 9.79. The van der Waals surface area contributed by atoms with E-state index in [1.165, 1.54) is 0 Å². The monoisotopic (exact) mass is 252 g/mol. The molecule has 18 heavy (non-hydrogen) atoms. The van der Waals surface area contributed by atoms with Gasteiger partial charge >= 0.3 is 0 Å². The summed E-state index contributed by atoms with van der Waals surface area (Å²) in [4.78, 5) is 6.57. The van der Waals surface area contributed by atoms with Gasteiger partial charge in [0, 0.05) is 26.1 Å². The molecule has 0 saturated carbocycles. The van der Waals surface area contributed by atoms with Crippen molar-refractivity contribution in [3.63, 3.8) is 0 Å². The van der Waals surface area contributed by atoms with Gasteiger partial charge in [0.15, 0.2) is 0 Å². The van der Waals surface area contributed by atoms with Gasteiger partial charge in [0.2, 0.25) is 0 Å². The molecular weight excluding hydrogens is 228 g/mol. The summed E-state index contributed by atoms with van der Waals surface area (Å²) in [5.74, 6) is 1.79. The lowest BCUT2D eigenvalue weighted by atomic mass is 10.2. The van der Waals surface area contributed by atoms with Gasteiger partial charge in [-0.25, -0.2) is 9.67 Å². The zero-order valence-electron chi connectivity index (χ0n) is 11.6. The van der Waals surface area contributed by atoms with Crippen LogP contribution in [0.5, 0.6) is 0 Å². The highest BCUT2D eigenvalue weighted by molar-refractivity contribution is 5.76. The zero-order chi connectivity index (χ0) is 13.5. The number of nitrogens with two attached hydrogens (primary N) is 1. The van der Waals surface area contributed by atoms with Gasteiger partial charge in [-0.2, -0.15) is 5.10 Å². The molecule has 0 unspecified atom stereocenters. The summed E-state index contributed by atoms with van der Waals surface area (Å²) in [5.41, 5.74) is 5.42. The van der Waals surface area contributed by atoms with Gasteiger partial charge in [0.05, 0.1) is 12.4 Å². The van der Waals surface area contributed by atoms with Gasteiger partial charge in [-0.3, -0.25) is 10.3 Å². The first-order chi connectivity index (χ1) is 8.52. The van der Waals surface area contributed by atoms with Gasteiger partial charge in [-0.15, -0.1) is 0 Å². The Kier molecular flexibility index (Phi) is 5.77. The van der Waals surface area contributed by atoms with Crippen LogP contribution in [0.1, 0.15) is 33.0 Å². The van der Waals surface area contributed by atoms with Gasteiger partial charge < -0.3 is 5.73 Å². The predicted octanol–water partition coefficient (Wildman–Crippen LogP) is 1.08. The minimum absolute atomic E-state index is 0.237. The van der Waals surface area contributed by atoms with E-state index in [9.17, 15) is 0 Å². The minimum Gasteiger partial charge on any atom is -0.388 e. The van der Waals surface area contributed by atoms with Crippen molar-refractivity contribution in [2.45, 2.75) is 40.3 Å². The summed E-state index contributed by atoms with van der Waals surface area (Å²) in [5, 5.41) is 11.5. The van der Waals surface area contributed by atoms with Crippen molar-refractivity contribution in [2.75, 3.05) is 13.1 Å². The molecule has 102 valence electrons. The molecule has 6 heteroatoms. The van der Waals surface area contributed by atoms with Crippen molar-refractivity contribution in [1.82, 2.24) is 19.7 Å². The van der Waals surface area contributed by atoms with Crippen molar-refractivity contribution in [2.24, 2.45) is 11.7 Å². The number of nitrogens with zero attached hydrogens (tertiary/aromatic N) is 4. The molecule has 0 bridgehead atoms. The van der Waals surface area contributed by atoms with Crippen LogP contribution in [-0.4, -0.2) is 38.6 Å². The Morgan fingerprint density at radius 2 is 2.28 bits per heavy atom. The lowest BCUT2D eigenvalue weighted by Gasteiger charge is -2.23. The van der Waals surface area contributed by atoms with E-state index in [0.29, 0.717) is 12.3 Å². The van der Waals surface area contributed by atoms with Gasteiger partial charge in [0.25, 0.3) is 0 Å². The first kappa shape index (κ1) is 14.6. The first-order valence-electron chi connectivity index (χ1n) is 6.44. The van der Waals surface area contributed by atoms with Crippen LogP contribution in [0.15, 0.2) is 6.33 Å². The number of rotatable bonds is 8. The Morgan fingerprint density at radius 1 is 1.56 bits per heavy atom. The molecule has 1 heterocycles. The highest BCUT2D eigenvalue weighted by atomic mass is 15.3. The largest absolute Gasteiger partial charge is 0.388 e. The molecule has 0 aromatic carbocycles. The molecule has 0 saturated heterocycles. The Bertz CT molecular complexity index is 370. The molecule has 0 fully saturated rings. The SMILES string of the molecule is CCn1ncnc1CN(CCC(=N)N)CC(C)C. The number of hydrogen-bond acceptors (Lipinski definition) is 4. The van der Waals surface area contributed by atoms with Crippen molar-refractivity contribution >= 4 is 5.84 Å². The average Bonchev–Trinajstić information content (AvgIpc) is 2.72. The van der Waals surface area contributed by atoms with Crippen molar-refractivity contribution in [3.8, 4) is 0 Å². The minimum atomic E-state index is 0.237. The number of nitrogens with one attached hydrogen (secondary N) is 1. The molecular formula is C12H24N6. The van der Waals surface area contributed by atoms with E-state index in [1.54, 1.807) is 6.33 Å². The molecule has 1 aromatic heterocycles. The van der Waals surface area contributed by atoms with Crippen molar-refractivity contribution in [1.29, 1.82) is 5.41 Å². The van der Waals surface area contributed by atoms with E-state index in [4.69, 9.17) is 11.1 Å². The van der Waals surface area contributed by atoms with Gasteiger partial charge in [0.1, 0.15) is 12.2 Å². The number of amidine groups is 1. The van der Waals surface area contributed by atoms with E-state index in [1.807, 2.05) is 4.68 Å². The van der Waals surface area contributed by atoms with Crippen LogP contribution < -0.4 is 5.73 Å². The van der Waals surface area contributed by atoms with Crippen molar-refractivity contribution < 1.29 is 0 Å². The molecule has 0 radical (unpaired) electrons. The Labute approximate surface area is 109 Å². The number of hydrogen-bond donors (Lipinski definition) is 2. The third-order valence-corrected chi connectivity index (χ3v) is 2.68. The molecule has 0 amide bonds. The fraction of sp³-hybridized carbons (Fsp3) is 0.750. The topological polar surface area (TPSA) is 83.8 Å². The zero-order valence-corrected chi connectivity index (χ0v) is 11.6. The third kappa shape index (κ3) is 4.83. The summed E-state index contributed by atoms with van der Waals surface area (Å²) in [6, 6.07) is 0. The summed E-state index contributed by atoms with van der Waals surface area (Å²) in [6.07, 6.45) is 2.20. The molecule has 0 atom stereocenters. The lowest BCUT2D eigenvalue weighted by molar-refractivity contribution is 0.232. The molecule has 0 aliphatic rings. The predicted molar refractivity (Wildman–Crippen MR) is 72.3 cm³/mol. The van der Waals surface area contributed by atoms with Crippen LogP contribution in [0.2, 0.25) is 0 Å². The van der Waals surface area contributed by atoms with E-state index >= 15 is 0 Å². The summed E-state index contributed by atoms with van der Waals surface area (Å²) >= 11 is 0. The van der Waals surface area contributed by atoms with Gasteiger partial charge in [-0.05, 0) is 12.8 Å². The van der Waals surface area contributed by atoms with Crippen LogP contribution in [-0.2, 0) is 13.1 Å². The second kappa shape index (κ2) is 7.10. The maximum atomic E-state index is 7.32. The van der Waals surface area contributed by atoms with E-state index < -0.39 is 0 Å². The maximum absolute atomic E-state index is 7.32. The average molecular weight is 252 g/mol. The molecule has 6 nitrogen and oxygen atoms in total. The Hall–Kier alpha value is -1.43. The van der Waals surface area contributed by atoms with Crippen LogP contribution >= 0.6 is 0 Å². The first-order valence-corrected chi connectivity index (χ1v) is 6.44. The smallest absolute Gasteiger partial charge is 0.140 e. The normalized spacial score (nSPS) is 11.4. The van der Waals surface area contributed by atoms with Crippen LogP contribution in [0.4, 0.5) is 0 Å². The van der Waals surface area contributed by atoms with Crippen molar-refractivity contribution in [3.05, 3.63) is 12.2 Å². The molecule has 3 N–H and O–H groups in total. The molecule has 1 aromatic rings. The summed E-state index contributed by atoms with van der Waals surface area (Å²) in [7, 11) is 0. The van der Waals surface area contributed by atoms with Crippen LogP contribution in [0.25, 0.3) is 0 Å². The number of aryl methyl sites for hydroxylation is 1. The second-order valence-electron chi connectivity index (χ2n) is 4.90. The molecule has 1 rings (SSSR count). The molecule has 0 aliphatic carbocycles. The van der Waals surface area contributed by atoms with E-state index in [-0.39, 0.29) is 5.84 Å². The Morgan fingerprint density at radius 3 is 2.83 bits per heavy atom. The highest BCUT2D eigenvalue weighted by Crippen LogP contribution is 2.06. The Balaban J connectivity index is 2.62. The fourth-order valence-electron chi connectivity index (χ4n) is 1.90. The molecule has 0 aliphatic heterocycles. The lowest BCUT2D eigenvalue weighted by Crippen LogP contribution is -2.32. The van der Waals surface area contributed by atoms with E-state index in [2.05, 4.69) is 35.8 Å². The van der Waals surface area contributed by atoms with Gasteiger partial charge in [-0.1, -0.05) is 13.8 Å². The third-order valence-electron chi connectivity index (χ3n) is 2.68. The van der Waals surface area contributed by atoms with Crippen LogP contribution in [0, 0.1) is 11.3 Å². The highest BCUT2D eigenvalue weighted by Gasteiger charge is 2.12. The van der Waals surface area contributed by atoms with E-state index in [0.717, 1.165) is 32.0 Å². The van der Waals surface area contributed by atoms with Crippen LogP contribution in [0.3, 0.4) is 0 Å². The molecule has 0 spiro atoms. The second-order valence-corrected chi connectivity index (χ2v) is 4.90. The standard InChI is InChI=1S/C12H24N6/c1-4-18-12(15-9-16-18)8-17(7-10(2)3)6-5-11(13)14/h9-10H,4-8H2,1-3H3,(H3,13,14). The quantitative estimate of drug-likeness (QED) is 0.535. The maximum Gasteiger partial charge on any atom is 0.140 e. The fourth-order valence-corrected chi connectivity index (χ4v) is 1.90.